The third-order valence-electron chi connectivity index (χ3n) is 5.65. The summed E-state index contributed by atoms with van der Waals surface area (Å²) < 4.78 is 31.8. The summed E-state index contributed by atoms with van der Waals surface area (Å²) >= 11 is 11.8. The van der Waals surface area contributed by atoms with Crippen LogP contribution in [0.1, 0.15) is 29.7 Å². The average molecular weight is 603 g/mol. The van der Waals surface area contributed by atoms with Crippen LogP contribution in [0, 0.1) is 0 Å². The third-order valence-corrected chi connectivity index (χ3v) is 6.04. The van der Waals surface area contributed by atoms with Crippen molar-refractivity contribution < 1.29 is 33.5 Å². The summed E-state index contributed by atoms with van der Waals surface area (Å²) in [4.78, 5) is 8.20. The van der Waals surface area contributed by atoms with Gasteiger partial charge in [0.25, 0.3) is 0 Å². The van der Waals surface area contributed by atoms with E-state index in [0.717, 1.165) is 22.6 Å². The number of nitrogens with zero attached hydrogens (tertiary/aromatic N) is 2. The van der Waals surface area contributed by atoms with Crippen LogP contribution in [-0.4, -0.2) is 43.5 Å². The smallest absolute Gasteiger partial charge is 0.224 e. The van der Waals surface area contributed by atoms with Crippen LogP contribution in [0.25, 0.3) is 0 Å². The molecule has 2 aromatic heterocycles. The predicted octanol–water partition coefficient (Wildman–Crippen LogP) is 6.72. The van der Waals surface area contributed by atoms with E-state index in [1.165, 1.54) is 7.11 Å². The van der Waals surface area contributed by atoms with Crippen molar-refractivity contribution in [3.05, 3.63) is 93.7 Å². The fourth-order valence-electron chi connectivity index (χ4n) is 3.54. The Hall–Kier alpha value is -3.92. The first-order valence-electron chi connectivity index (χ1n) is 12.4. The molecule has 0 amide bonds. The van der Waals surface area contributed by atoms with Gasteiger partial charge in [0.1, 0.15) is 46.5 Å². The molecule has 0 saturated heterocycles. The number of benzene rings is 2. The number of hydrogen-bond donors (Lipinski definition) is 1. The van der Waals surface area contributed by atoms with Gasteiger partial charge in [-0.05, 0) is 42.3 Å². The molecule has 2 heterocycles. The third kappa shape index (κ3) is 9.60. The molecule has 2 aromatic carbocycles. The molecule has 11 heteroatoms. The standard InChI is InChI=1S/C16H18ClNO4.C14H14ClNO3/c1-10(19)15-13(21-3)8-14(17)18-16(15)22-9-11-4-6-12(20-2)7-5-11;1-17-11-5-3-10(4-6-11)9-19-14-8-12(18-2)7-13(15)16-14/h4-8,10,19H,9H2,1-3H3;3-8H,9H2,1-2H3. The zero-order valence-corrected chi connectivity index (χ0v) is 24.9. The van der Waals surface area contributed by atoms with Gasteiger partial charge in [-0.25, -0.2) is 9.97 Å². The molecule has 0 saturated carbocycles. The lowest BCUT2D eigenvalue weighted by atomic mass is 10.1. The number of hydrogen-bond acceptors (Lipinski definition) is 9. The van der Waals surface area contributed by atoms with Crippen LogP contribution >= 0.6 is 23.2 Å². The van der Waals surface area contributed by atoms with E-state index in [9.17, 15) is 5.11 Å². The fraction of sp³-hybridized carbons (Fsp3) is 0.267. The van der Waals surface area contributed by atoms with Crippen LogP contribution in [-0.2, 0) is 13.2 Å². The van der Waals surface area contributed by atoms with Gasteiger partial charge >= 0.3 is 0 Å². The van der Waals surface area contributed by atoms with Gasteiger partial charge in [0.05, 0.1) is 40.1 Å². The molecule has 0 radical (unpaired) electrons. The average Bonchev–Trinajstić information content (AvgIpc) is 2.98. The van der Waals surface area contributed by atoms with Gasteiger partial charge in [0.2, 0.25) is 11.8 Å². The molecule has 0 bridgehead atoms. The molecule has 0 fully saturated rings. The Bertz CT molecular complexity index is 1390. The Labute approximate surface area is 249 Å². The maximum Gasteiger partial charge on any atom is 0.224 e. The maximum absolute atomic E-state index is 9.91. The van der Waals surface area contributed by atoms with E-state index < -0.39 is 6.10 Å². The molecule has 1 atom stereocenters. The summed E-state index contributed by atoms with van der Waals surface area (Å²) in [6, 6.07) is 20.0. The van der Waals surface area contributed by atoms with Crippen LogP contribution in [0.5, 0.6) is 34.8 Å². The first-order chi connectivity index (χ1) is 19.8. The van der Waals surface area contributed by atoms with Crippen molar-refractivity contribution in [1.29, 1.82) is 0 Å². The number of pyridine rings is 2. The minimum Gasteiger partial charge on any atom is -0.497 e. The lowest BCUT2D eigenvalue weighted by Crippen LogP contribution is -2.05. The Morgan fingerprint density at radius 1 is 0.659 bits per heavy atom. The molecule has 218 valence electrons. The molecule has 0 aliphatic carbocycles. The van der Waals surface area contributed by atoms with Gasteiger partial charge in [-0.3, -0.25) is 0 Å². The highest BCUT2D eigenvalue weighted by atomic mass is 35.5. The summed E-state index contributed by atoms with van der Waals surface area (Å²) in [5.74, 6) is 3.34. The Balaban J connectivity index is 0.000000228. The van der Waals surface area contributed by atoms with Gasteiger partial charge in [0, 0.05) is 18.2 Å². The first-order valence-corrected chi connectivity index (χ1v) is 13.2. The number of aliphatic hydroxyl groups is 1. The number of ether oxygens (including phenoxy) is 6. The summed E-state index contributed by atoms with van der Waals surface area (Å²) in [6.07, 6.45) is -0.786. The monoisotopic (exact) mass is 602 g/mol. The highest BCUT2D eigenvalue weighted by Crippen LogP contribution is 2.35. The van der Waals surface area contributed by atoms with Crippen LogP contribution in [0.15, 0.2) is 66.7 Å². The molecule has 4 aromatic rings. The zero-order chi connectivity index (χ0) is 29.8. The summed E-state index contributed by atoms with van der Waals surface area (Å²) in [5, 5.41) is 10.5. The molecule has 0 aliphatic rings. The normalized spacial score (nSPS) is 11.0. The van der Waals surface area contributed by atoms with Gasteiger partial charge in [-0.1, -0.05) is 47.5 Å². The number of aromatic nitrogens is 2. The number of rotatable bonds is 11. The summed E-state index contributed by atoms with van der Waals surface area (Å²) in [7, 11) is 6.32. The minimum absolute atomic E-state index is 0.242. The Morgan fingerprint density at radius 2 is 1.17 bits per heavy atom. The van der Waals surface area contributed by atoms with Crippen molar-refractivity contribution in [3.8, 4) is 34.8 Å². The molecule has 1 N–H and O–H groups in total. The highest BCUT2D eigenvalue weighted by molar-refractivity contribution is 6.29. The minimum atomic E-state index is -0.786. The first kappa shape index (κ1) is 31.6. The largest absolute Gasteiger partial charge is 0.497 e. The van der Waals surface area contributed by atoms with Crippen LogP contribution in [0.4, 0.5) is 0 Å². The van der Waals surface area contributed by atoms with E-state index in [-0.39, 0.29) is 11.0 Å². The predicted molar refractivity (Wildman–Crippen MR) is 157 cm³/mol. The maximum atomic E-state index is 9.91. The molecule has 9 nitrogen and oxygen atoms in total. The second-order valence-electron chi connectivity index (χ2n) is 8.48. The topological polar surface area (TPSA) is 101 Å². The van der Waals surface area contributed by atoms with E-state index in [0.29, 0.717) is 41.3 Å². The lowest BCUT2D eigenvalue weighted by Gasteiger charge is -2.16. The highest BCUT2D eigenvalue weighted by Gasteiger charge is 2.19. The Morgan fingerprint density at radius 3 is 1.66 bits per heavy atom. The van der Waals surface area contributed by atoms with Crippen LogP contribution in [0.2, 0.25) is 10.3 Å². The van der Waals surface area contributed by atoms with Gasteiger partial charge < -0.3 is 33.5 Å². The number of methoxy groups -OCH3 is 4. The molecule has 1 unspecified atom stereocenters. The van der Waals surface area contributed by atoms with E-state index in [2.05, 4.69) is 9.97 Å². The Kier molecular flexibility index (Phi) is 12.1. The van der Waals surface area contributed by atoms with Crippen LogP contribution in [0.3, 0.4) is 0 Å². The van der Waals surface area contributed by atoms with Crippen LogP contribution < -0.4 is 28.4 Å². The lowest BCUT2D eigenvalue weighted by molar-refractivity contribution is 0.182. The van der Waals surface area contributed by atoms with Crippen molar-refractivity contribution >= 4 is 23.2 Å². The van der Waals surface area contributed by atoms with Crippen molar-refractivity contribution in [2.24, 2.45) is 0 Å². The molecule has 0 aliphatic heterocycles. The molecule has 4 rings (SSSR count). The number of aliphatic hydroxyl groups excluding tert-OH is 1. The molecule has 0 spiro atoms. The number of halogens is 2. The molecular weight excluding hydrogens is 571 g/mol. The van der Waals surface area contributed by atoms with Gasteiger partial charge in [-0.15, -0.1) is 0 Å². The van der Waals surface area contributed by atoms with Crippen molar-refractivity contribution in [2.75, 3.05) is 28.4 Å². The SMILES string of the molecule is COc1ccc(COc2cc(OC)cc(Cl)n2)cc1.COc1ccc(COc2nc(Cl)cc(OC)c2C(C)O)cc1. The van der Waals surface area contributed by atoms with Gasteiger partial charge in [0.15, 0.2) is 0 Å². The van der Waals surface area contributed by atoms with E-state index >= 15 is 0 Å². The van der Waals surface area contributed by atoms with Crippen molar-refractivity contribution in [1.82, 2.24) is 9.97 Å². The van der Waals surface area contributed by atoms with E-state index in [1.54, 1.807) is 46.5 Å². The molecule has 41 heavy (non-hydrogen) atoms. The molecular formula is C30H32Cl2N2O7. The summed E-state index contributed by atoms with van der Waals surface area (Å²) in [5.41, 5.74) is 2.43. The van der Waals surface area contributed by atoms with Gasteiger partial charge in [-0.2, -0.15) is 0 Å². The van der Waals surface area contributed by atoms with Crippen molar-refractivity contribution in [3.63, 3.8) is 0 Å². The second-order valence-corrected chi connectivity index (χ2v) is 9.26. The second kappa shape index (κ2) is 15.8. The quantitative estimate of drug-likeness (QED) is 0.187. The van der Waals surface area contributed by atoms with E-state index in [1.807, 2.05) is 48.5 Å². The summed E-state index contributed by atoms with van der Waals surface area (Å²) in [6.45, 7) is 2.31. The van der Waals surface area contributed by atoms with E-state index in [4.69, 9.17) is 51.6 Å². The zero-order valence-electron chi connectivity index (χ0n) is 23.4. The fourth-order valence-corrected chi connectivity index (χ4v) is 3.91. The van der Waals surface area contributed by atoms with Crippen molar-refractivity contribution in [2.45, 2.75) is 26.2 Å².